The third kappa shape index (κ3) is 2.15. The highest BCUT2D eigenvalue weighted by atomic mass is 32.1. The van der Waals surface area contributed by atoms with Crippen LogP contribution in [0.4, 0.5) is 0 Å². The van der Waals surface area contributed by atoms with Crippen molar-refractivity contribution in [1.82, 2.24) is 4.98 Å². The Hall–Kier alpha value is -0.410. The molecule has 0 bridgehead atoms. The second-order valence-electron chi connectivity index (χ2n) is 4.02. The van der Waals surface area contributed by atoms with Crippen LogP contribution in [0.5, 0.6) is 0 Å². The molecule has 0 aromatic carbocycles. The largest absolute Gasteiger partial charge is 0.371 e. The zero-order valence-corrected chi connectivity index (χ0v) is 10.4. The first-order valence-electron chi connectivity index (χ1n) is 5.04. The van der Waals surface area contributed by atoms with E-state index in [1.165, 1.54) is 5.69 Å². The van der Waals surface area contributed by atoms with Crippen LogP contribution in [-0.2, 0) is 10.3 Å². The van der Waals surface area contributed by atoms with Crippen molar-refractivity contribution in [2.75, 3.05) is 7.11 Å². The van der Waals surface area contributed by atoms with Gasteiger partial charge in [-0.15, -0.1) is 11.3 Å². The molecule has 0 fully saturated rings. The lowest BCUT2D eigenvalue weighted by Crippen LogP contribution is -2.22. The van der Waals surface area contributed by atoms with E-state index in [2.05, 4.69) is 38.1 Å². The van der Waals surface area contributed by atoms with E-state index in [4.69, 9.17) is 4.74 Å². The number of hydrogen-bond donors (Lipinski definition) is 0. The van der Waals surface area contributed by atoms with Gasteiger partial charge in [0.1, 0.15) is 10.6 Å². The van der Waals surface area contributed by atoms with Gasteiger partial charge in [-0.3, -0.25) is 0 Å². The normalized spacial score (nSPS) is 15.9. The third-order valence-corrected chi connectivity index (χ3v) is 3.80. The average Bonchev–Trinajstić information content (AvgIpc) is 2.66. The first kappa shape index (κ1) is 11.7. The Morgan fingerprint density at radius 2 is 2.21 bits per heavy atom. The molecule has 0 aliphatic rings. The number of nitrogens with zero attached hydrogens (tertiary/aromatic N) is 1. The molecular formula is C11H19NOS. The molecule has 0 saturated carbocycles. The molecule has 0 N–H and O–H groups in total. The molecular weight excluding hydrogens is 194 g/mol. The summed E-state index contributed by atoms with van der Waals surface area (Å²) in [7, 11) is 1.75. The van der Waals surface area contributed by atoms with Crippen molar-refractivity contribution in [2.24, 2.45) is 0 Å². The zero-order valence-electron chi connectivity index (χ0n) is 9.63. The fourth-order valence-electron chi connectivity index (χ4n) is 1.18. The summed E-state index contributed by atoms with van der Waals surface area (Å²) in [5.41, 5.74) is 0.958. The molecule has 2 nitrogen and oxygen atoms in total. The van der Waals surface area contributed by atoms with E-state index in [0.29, 0.717) is 5.92 Å². The summed E-state index contributed by atoms with van der Waals surface area (Å²) in [6.07, 6.45) is 0.953. The van der Waals surface area contributed by atoms with Crippen molar-refractivity contribution in [1.29, 1.82) is 0 Å². The minimum atomic E-state index is -0.211. The van der Waals surface area contributed by atoms with Crippen molar-refractivity contribution in [3.8, 4) is 0 Å². The summed E-state index contributed by atoms with van der Waals surface area (Å²) in [6.45, 7) is 8.54. The fraction of sp³-hybridized carbons (Fsp3) is 0.727. The quantitative estimate of drug-likeness (QED) is 0.763. The summed E-state index contributed by atoms with van der Waals surface area (Å²) in [5, 5.41) is 3.22. The summed E-state index contributed by atoms with van der Waals surface area (Å²) in [6, 6.07) is 0. The van der Waals surface area contributed by atoms with Gasteiger partial charge >= 0.3 is 0 Å². The summed E-state index contributed by atoms with van der Waals surface area (Å²) in [4.78, 5) is 4.62. The van der Waals surface area contributed by atoms with Gasteiger partial charge in [-0.1, -0.05) is 20.8 Å². The molecule has 0 aliphatic heterocycles. The molecule has 0 saturated heterocycles. The SMILES string of the molecule is CCC(C)(OC)c1nc(C(C)C)cs1. The van der Waals surface area contributed by atoms with Gasteiger partial charge in [-0.2, -0.15) is 0 Å². The van der Waals surface area contributed by atoms with E-state index in [1.807, 2.05) is 0 Å². The second-order valence-corrected chi connectivity index (χ2v) is 4.88. The highest BCUT2D eigenvalue weighted by Crippen LogP contribution is 2.32. The van der Waals surface area contributed by atoms with Gasteiger partial charge in [-0.05, 0) is 19.3 Å². The number of thiazole rings is 1. The Morgan fingerprint density at radius 1 is 1.57 bits per heavy atom. The molecule has 1 unspecified atom stereocenters. The van der Waals surface area contributed by atoms with Gasteiger partial charge in [0.25, 0.3) is 0 Å². The Balaban J connectivity index is 2.95. The third-order valence-electron chi connectivity index (χ3n) is 2.69. The van der Waals surface area contributed by atoms with Crippen LogP contribution in [0.3, 0.4) is 0 Å². The smallest absolute Gasteiger partial charge is 0.125 e. The zero-order chi connectivity index (χ0) is 10.8. The molecule has 14 heavy (non-hydrogen) atoms. The Kier molecular flexibility index (Phi) is 3.67. The molecule has 0 radical (unpaired) electrons. The standard InChI is InChI=1S/C11H19NOS/c1-6-11(4,13-5)10-12-9(7-14-10)8(2)3/h7-8H,6H2,1-5H3. The van der Waals surface area contributed by atoms with Crippen LogP contribution < -0.4 is 0 Å². The summed E-state index contributed by atoms with van der Waals surface area (Å²) < 4.78 is 5.51. The predicted molar refractivity (Wildman–Crippen MR) is 60.9 cm³/mol. The first-order valence-corrected chi connectivity index (χ1v) is 5.92. The topological polar surface area (TPSA) is 22.1 Å². The van der Waals surface area contributed by atoms with E-state index >= 15 is 0 Å². The van der Waals surface area contributed by atoms with Gasteiger partial charge < -0.3 is 4.74 Å². The molecule has 80 valence electrons. The van der Waals surface area contributed by atoms with Crippen LogP contribution in [0.2, 0.25) is 0 Å². The molecule has 1 aromatic heterocycles. The molecule has 1 heterocycles. The summed E-state index contributed by atoms with van der Waals surface area (Å²) >= 11 is 1.70. The van der Waals surface area contributed by atoms with E-state index in [1.54, 1.807) is 18.4 Å². The van der Waals surface area contributed by atoms with E-state index < -0.39 is 0 Å². The molecule has 0 spiro atoms. The fourth-order valence-corrected chi connectivity index (χ4v) is 2.37. The van der Waals surface area contributed by atoms with Crippen LogP contribution in [0.25, 0.3) is 0 Å². The van der Waals surface area contributed by atoms with Gasteiger partial charge in [0, 0.05) is 12.5 Å². The molecule has 1 rings (SSSR count). The maximum Gasteiger partial charge on any atom is 0.125 e. The van der Waals surface area contributed by atoms with Gasteiger partial charge in [0.2, 0.25) is 0 Å². The molecule has 1 atom stereocenters. The molecule has 0 amide bonds. The molecule has 1 aromatic rings. The minimum Gasteiger partial charge on any atom is -0.371 e. The predicted octanol–water partition coefficient (Wildman–Crippen LogP) is 3.54. The van der Waals surface area contributed by atoms with Crippen LogP contribution in [0.1, 0.15) is 50.7 Å². The second kappa shape index (κ2) is 4.41. The lowest BCUT2D eigenvalue weighted by atomic mass is 10.0. The highest BCUT2D eigenvalue weighted by molar-refractivity contribution is 7.09. The average molecular weight is 213 g/mol. The van der Waals surface area contributed by atoms with Gasteiger partial charge in [0.05, 0.1) is 5.69 Å². The van der Waals surface area contributed by atoms with Crippen LogP contribution in [0.15, 0.2) is 5.38 Å². The van der Waals surface area contributed by atoms with Crippen molar-refractivity contribution in [3.63, 3.8) is 0 Å². The molecule has 0 aliphatic carbocycles. The lowest BCUT2D eigenvalue weighted by Gasteiger charge is -2.23. The van der Waals surface area contributed by atoms with E-state index in [9.17, 15) is 0 Å². The number of hydrogen-bond acceptors (Lipinski definition) is 3. The monoisotopic (exact) mass is 213 g/mol. The van der Waals surface area contributed by atoms with Crippen molar-refractivity contribution < 1.29 is 4.74 Å². The van der Waals surface area contributed by atoms with Crippen molar-refractivity contribution >= 4 is 11.3 Å². The van der Waals surface area contributed by atoms with Crippen LogP contribution in [-0.4, -0.2) is 12.1 Å². The maximum atomic E-state index is 5.51. The Labute approximate surface area is 90.3 Å². The molecule has 3 heteroatoms. The van der Waals surface area contributed by atoms with E-state index in [-0.39, 0.29) is 5.60 Å². The number of aromatic nitrogens is 1. The van der Waals surface area contributed by atoms with Crippen molar-refractivity contribution in [2.45, 2.75) is 45.6 Å². The van der Waals surface area contributed by atoms with Gasteiger partial charge in [-0.25, -0.2) is 4.98 Å². The summed E-state index contributed by atoms with van der Waals surface area (Å²) in [5.74, 6) is 0.498. The van der Waals surface area contributed by atoms with E-state index in [0.717, 1.165) is 11.4 Å². The minimum absolute atomic E-state index is 0.211. The Morgan fingerprint density at radius 3 is 2.57 bits per heavy atom. The van der Waals surface area contributed by atoms with Crippen LogP contribution >= 0.6 is 11.3 Å². The number of rotatable bonds is 4. The highest BCUT2D eigenvalue weighted by Gasteiger charge is 2.27. The number of ether oxygens (including phenoxy) is 1. The van der Waals surface area contributed by atoms with Crippen molar-refractivity contribution in [3.05, 3.63) is 16.1 Å². The van der Waals surface area contributed by atoms with Gasteiger partial charge in [0.15, 0.2) is 0 Å². The Bertz CT molecular complexity index is 289. The lowest BCUT2D eigenvalue weighted by molar-refractivity contribution is -0.00168. The first-order chi connectivity index (χ1) is 6.53. The maximum absolute atomic E-state index is 5.51. The number of methoxy groups -OCH3 is 1. The van der Waals surface area contributed by atoms with Crippen LogP contribution in [0, 0.1) is 0 Å².